The SMILES string of the molecule is CCCc1ccccc1C(C)O. The Hall–Kier alpha value is -0.820. The van der Waals surface area contributed by atoms with Crippen LogP contribution in [0.3, 0.4) is 0 Å². The van der Waals surface area contributed by atoms with E-state index in [1.165, 1.54) is 5.56 Å². The quantitative estimate of drug-likeness (QED) is 0.728. The van der Waals surface area contributed by atoms with Crippen LogP contribution in [0.1, 0.15) is 37.5 Å². The van der Waals surface area contributed by atoms with E-state index in [0.29, 0.717) is 0 Å². The van der Waals surface area contributed by atoms with E-state index in [2.05, 4.69) is 13.0 Å². The van der Waals surface area contributed by atoms with Gasteiger partial charge in [0.25, 0.3) is 0 Å². The van der Waals surface area contributed by atoms with E-state index >= 15 is 0 Å². The molecule has 1 N–H and O–H groups in total. The van der Waals surface area contributed by atoms with Gasteiger partial charge >= 0.3 is 0 Å². The molecule has 1 atom stereocenters. The van der Waals surface area contributed by atoms with Crippen molar-refractivity contribution < 1.29 is 5.11 Å². The van der Waals surface area contributed by atoms with Crippen LogP contribution in [-0.2, 0) is 6.42 Å². The van der Waals surface area contributed by atoms with E-state index in [9.17, 15) is 5.11 Å². The average molecular weight is 164 g/mol. The van der Waals surface area contributed by atoms with Crippen molar-refractivity contribution in [3.8, 4) is 0 Å². The predicted octanol–water partition coefficient (Wildman–Crippen LogP) is 2.69. The topological polar surface area (TPSA) is 20.2 Å². The van der Waals surface area contributed by atoms with Crippen LogP contribution in [0.5, 0.6) is 0 Å². The molecule has 1 heteroatoms. The third-order valence-corrected chi connectivity index (χ3v) is 2.02. The minimum absolute atomic E-state index is 0.340. The summed E-state index contributed by atoms with van der Waals surface area (Å²) in [5.41, 5.74) is 2.34. The highest BCUT2D eigenvalue weighted by Gasteiger charge is 2.04. The Morgan fingerprint density at radius 2 is 2.00 bits per heavy atom. The van der Waals surface area contributed by atoms with E-state index in [4.69, 9.17) is 0 Å². The highest BCUT2D eigenvalue weighted by molar-refractivity contribution is 5.28. The lowest BCUT2D eigenvalue weighted by molar-refractivity contribution is 0.198. The summed E-state index contributed by atoms with van der Waals surface area (Å²) in [6.07, 6.45) is 1.85. The number of aliphatic hydroxyl groups is 1. The van der Waals surface area contributed by atoms with Crippen molar-refractivity contribution in [2.75, 3.05) is 0 Å². The minimum Gasteiger partial charge on any atom is -0.389 e. The molecule has 0 spiro atoms. The maximum atomic E-state index is 9.43. The van der Waals surface area contributed by atoms with Gasteiger partial charge in [0.05, 0.1) is 6.10 Å². The van der Waals surface area contributed by atoms with Gasteiger partial charge in [-0.3, -0.25) is 0 Å². The van der Waals surface area contributed by atoms with Gasteiger partial charge in [0, 0.05) is 0 Å². The smallest absolute Gasteiger partial charge is 0.0764 e. The number of aryl methyl sites for hydroxylation is 1. The van der Waals surface area contributed by atoms with Gasteiger partial charge in [-0.1, -0.05) is 37.6 Å². The molecule has 1 rings (SSSR count). The van der Waals surface area contributed by atoms with Crippen molar-refractivity contribution in [3.63, 3.8) is 0 Å². The third kappa shape index (κ3) is 2.08. The zero-order chi connectivity index (χ0) is 8.97. The van der Waals surface area contributed by atoms with Crippen LogP contribution in [0, 0.1) is 0 Å². The second-order valence-electron chi connectivity index (χ2n) is 3.12. The molecular weight excluding hydrogens is 148 g/mol. The molecule has 0 saturated heterocycles. The number of benzene rings is 1. The van der Waals surface area contributed by atoms with Gasteiger partial charge in [-0.2, -0.15) is 0 Å². The summed E-state index contributed by atoms with van der Waals surface area (Å²) in [5, 5.41) is 9.43. The molecule has 1 aromatic rings. The van der Waals surface area contributed by atoms with Gasteiger partial charge in [-0.05, 0) is 24.5 Å². The van der Waals surface area contributed by atoms with Crippen LogP contribution < -0.4 is 0 Å². The van der Waals surface area contributed by atoms with Gasteiger partial charge in [0.1, 0.15) is 0 Å². The van der Waals surface area contributed by atoms with E-state index in [1.54, 1.807) is 0 Å². The molecule has 0 saturated carbocycles. The fraction of sp³-hybridized carbons (Fsp3) is 0.455. The third-order valence-electron chi connectivity index (χ3n) is 2.02. The van der Waals surface area contributed by atoms with Crippen LogP contribution in [0.25, 0.3) is 0 Å². The molecule has 0 aliphatic heterocycles. The minimum atomic E-state index is -0.340. The molecule has 1 nitrogen and oxygen atoms in total. The number of hydrogen-bond acceptors (Lipinski definition) is 1. The van der Waals surface area contributed by atoms with Crippen molar-refractivity contribution in [2.24, 2.45) is 0 Å². The molecule has 66 valence electrons. The van der Waals surface area contributed by atoms with Gasteiger partial charge in [0.2, 0.25) is 0 Å². The van der Waals surface area contributed by atoms with E-state index in [-0.39, 0.29) is 6.10 Å². The standard InChI is InChI=1S/C11H16O/c1-3-6-10-7-4-5-8-11(10)9(2)12/h4-5,7-9,12H,3,6H2,1-2H3. The Balaban J connectivity index is 2.92. The van der Waals surface area contributed by atoms with E-state index in [1.807, 2.05) is 25.1 Å². The Bertz CT molecular complexity index is 241. The van der Waals surface area contributed by atoms with E-state index in [0.717, 1.165) is 18.4 Å². The summed E-state index contributed by atoms with van der Waals surface area (Å²) in [7, 11) is 0. The van der Waals surface area contributed by atoms with Crippen molar-refractivity contribution in [1.82, 2.24) is 0 Å². The molecule has 0 radical (unpaired) electrons. The Labute approximate surface area is 74.1 Å². The lowest BCUT2D eigenvalue weighted by Crippen LogP contribution is -1.97. The van der Waals surface area contributed by atoms with Crippen molar-refractivity contribution in [3.05, 3.63) is 35.4 Å². The predicted molar refractivity (Wildman–Crippen MR) is 51.1 cm³/mol. The molecule has 0 heterocycles. The highest BCUT2D eigenvalue weighted by Crippen LogP contribution is 2.18. The summed E-state index contributed by atoms with van der Waals surface area (Å²) < 4.78 is 0. The normalized spacial score (nSPS) is 12.9. The Morgan fingerprint density at radius 1 is 1.33 bits per heavy atom. The molecule has 1 unspecified atom stereocenters. The molecule has 0 bridgehead atoms. The van der Waals surface area contributed by atoms with Crippen LogP contribution in [0.4, 0.5) is 0 Å². The lowest BCUT2D eigenvalue weighted by Gasteiger charge is -2.10. The summed E-state index contributed by atoms with van der Waals surface area (Å²) in [5.74, 6) is 0. The maximum Gasteiger partial charge on any atom is 0.0764 e. The molecule has 1 aromatic carbocycles. The van der Waals surface area contributed by atoms with E-state index < -0.39 is 0 Å². The van der Waals surface area contributed by atoms with Crippen molar-refractivity contribution in [1.29, 1.82) is 0 Å². The van der Waals surface area contributed by atoms with Gasteiger partial charge in [0.15, 0.2) is 0 Å². The first-order chi connectivity index (χ1) is 5.75. The first kappa shape index (κ1) is 9.27. The fourth-order valence-electron chi connectivity index (χ4n) is 1.44. The molecule has 0 amide bonds. The van der Waals surface area contributed by atoms with Gasteiger partial charge < -0.3 is 5.11 Å². The second kappa shape index (κ2) is 4.27. The van der Waals surface area contributed by atoms with Crippen molar-refractivity contribution in [2.45, 2.75) is 32.8 Å². The zero-order valence-corrected chi connectivity index (χ0v) is 7.75. The number of hydrogen-bond donors (Lipinski definition) is 1. The van der Waals surface area contributed by atoms with Crippen LogP contribution >= 0.6 is 0 Å². The zero-order valence-electron chi connectivity index (χ0n) is 7.75. The van der Waals surface area contributed by atoms with Crippen LogP contribution in [-0.4, -0.2) is 5.11 Å². The fourth-order valence-corrected chi connectivity index (χ4v) is 1.44. The molecule has 12 heavy (non-hydrogen) atoms. The number of aliphatic hydroxyl groups excluding tert-OH is 1. The van der Waals surface area contributed by atoms with Crippen LogP contribution in [0.2, 0.25) is 0 Å². The van der Waals surface area contributed by atoms with Crippen LogP contribution in [0.15, 0.2) is 24.3 Å². The second-order valence-corrected chi connectivity index (χ2v) is 3.12. The van der Waals surface area contributed by atoms with Gasteiger partial charge in [-0.15, -0.1) is 0 Å². The Kier molecular flexibility index (Phi) is 3.30. The Morgan fingerprint density at radius 3 is 2.58 bits per heavy atom. The molecule has 0 fully saturated rings. The maximum absolute atomic E-state index is 9.43. The average Bonchev–Trinajstić information content (AvgIpc) is 2.05. The van der Waals surface area contributed by atoms with Crippen molar-refractivity contribution >= 4 is 0 Å². The van der Waals surface area contributed by atoms with Gasteiger partial charge in [-0.25, -0.2) is 0 Å². The summed E-state index contributed by atoms with van der Waals surface area (Å²) in [4.78, 5) is 0. The molecule has 0 aromatic heterocycles. The number of rotatable bonds is 3. The molecule has 0 aliphatic rings. The monoisotopic (exact) mass is 164 g/mol. The summed E-state index contributed by atoms with van der Waals surface area (Å²) in [6, 6.07) is 8.08. The molecule has 0 aliphatic carbocycles. The first-order valence-electron chi connectivity index (χ1n) is 4.51. The largest absolute Gasteiger partial charge is 0.389 e. The summed E-state index contributed by atoms with van der Waals surface area (Å²) in [6.45, 7) is 3.97. The first-order valence-corrected chi connectivity index (χ1v) is 4.51. The lowest BCUT2D eigenvalue weighted by atomic mass is 10.00. The summed E-state index contributed by atoms with van der Waals surface area (Å²) >= 11 is 0. The highest BCUT2D eigenvalue weighted by atomic mass is 16.3. The molecular formula is C11H16O.